The molecule has 1 aliphatic rings. The minimum absolute atomic E-state index is 0.137. The lowest BCUT2D eigenvalue weighted by atomic mass is 10.0. The molecule has 0 amide bonds. The predicted molar refractivity (Wildman–Crippen MR) is 126 cm³/mol. The summed E-state index contributed by atoms with van der Waals surface area (Å²) in [4.78, 5) is 0. The molecule has 3 aromatic carbocycles. The Kier molecular flexibility index (Phi) is 8.41. The summed E-state index contributed by atoms with van der Waals surface area (Å²) < 4.78 is 24.5. The maximum Gasteiger partial charge on any atom is 0.184 e. The Labute approximate surface area is 195 Å². The van der Waals surface area contributed by atoms with Gasteiger partial charge in [0.1, 0.15) is 24.4 Å². The second kappa shape index (κ2) is 11.9. The zero-order valence-corrected chi connectivity index (χ0v) is 18.5. The molecular weight excluding hydrogens is 416 g/mol. The summed E-state index contributed by atoms with van der Waals surface area (Å²) in [6.07, 6.45) is -1.50. The zero-order valence-electron chi connectivity index (χ0n) is 18.5. The van der Waals surface area contributed by atoms with E-state index in [4.69, 9.17) is 18.9 Å². The summed E-state index contributed by atoms with van der Waals surface area (Å²) in [6, 6.07) is 29.5. The van der Waals surface area contributed by atoms with E-state index in [1.807, 2.05) is 91.0 Å². The molecule has 0 aliphatic carbocycles. The number of aliphatic hydroxyl groups is 1. The summed E-state index contributed by atoms with van der Waals surface area (Å²) in [7, 11) is 0. The molecule has 172 valence electrons. The van der Waals surface area contributed by atoms with E-state index in [0.29, 0.717) is 13.2 Å². The third-order valence-corrected chi connectivity index (χ3v) is 5.60. The van der Waals surface area contributed by atoms with Gasteiger partial charge in [0.2, 0.25) is 0 Å². The van der Waals surface area contributed by atoms with Crippen LogP contribution in [0.2, 0.25) is 0 Å². The van der Waals surface area contributed by atoms with Gasteiger partial charge < -0.3 is 24.1 Å². The molecule has 1 N–H and O–H groups in total. The molecule has 1 aliphatic heterocycles. The summed E-state index contributed by atoms with van der Waals surface area (Å²) in [5.41, 5.74) is 2.95. The van der Waals surface area contributed by atoms with Crippen molar-refractivity contribution < 1.29 is 24.1 Å². The van der Waals surface area contributed by atoms with Crippen LogP contribution in [0.3, 0.4) is 0 Å². The van der Waals surface area contributed by atoms with Crippen molar-refractivity contribution >= 4 is 0 Å². The van der Waals surface area contributed by atoms with E-state index in [0.717, 1.165) is 16.7 Å². The van der Waals surface area contributed by atoms with E-state index in [1.165, 1.54) is 0 Å². The Bertz CT molecular complexity index is 963. The average molecular weight is 447 g/mol. The summed E-state index contributed by atoms with van der Waals surface area (Å²) >= 11 is 0. The van der Waals surface area contributed by atoms with Crippen LogP contribution in [0.1, 0.15) is 23.0 Å². The Balaban J connectivity index is 1.53. The lowest BCUT2D eigenvalue weighted by Gasteiger charge is -2.40. The fourth-order valence-corrected chi connectivity index (χ4v) is 3.84. The van der Waals surface area contributed by atoms with Crippen LogP contribution in [-0.2, 0) is 32.2 Å². The highest BCUT2D eigenvalue weighted by Gasteiger charge is 2.41. The second-order valence-corrected chi connectivity index (χ2v) is 8.00. The van der Waals surface area contributed by atoms with E-state index in [-0.39, 0.29) is 6.61 Å². The number of ether oxygens (including phenoxy) is 4. The Morgan fingerprint density at radius 2 is 1.39 bits per heavy atom. The summed E-state index contributed by atoms with van der Waals surface area (Å²) in [5, 5.41) is 10.8. The van der Waals surface area contributed by atoms with Crippen LogP contribution in [0.25, 0.3) is 0 Å². The molecule has 1 saturated heterocycles. The average Bonchev–Trinajstić information content (AvgIpc) is 2.88. The topological polar surface area (TPSA) is 57.2 Å². The Morgan fingerprint density at radius 1 is 0.848 bits per heavy atom. The molecule has 1 heterocycles. The van der Waals surface area contributed by atoms with E-state index in [2.05, 4.69) is 6.58 Å². The molecular formula is C28H30O5. The van der Waals surface area contributed by atoms with Gasteiger partial charge in [-0.2, -0.15) is 0 Å². The van der Waals surface area contributed by atoms with Crippen LogP contribution < -0.4 is 0 Å². The first-order valence-electron chi connectivity index (χ1n) is 11.2. The standard InChI is InChI=1S/C28H30O5/c1-2-25(30-18-21-12-6-3-7-13-21)27(31-19-22-14-8-4-9-15-22)26-24(29)20-32-28(33-26)23-16-10-5-11-17-23/h2-17,24-29H,1,18-20H2/t24-,25-,26-,27-,28-/m1/s1. The van der Waals surface area contributed by atoms with Crippen LogP contribution in [0.15, 0.2) is 104 Å². The van der Waals surface area contributed by atoms with E-state index < -0.39 is 30.7 Å². The van der Waals surface area contributed by atoms with Crippen LogP contribution in [-0.4, -0.2) is 36.1 Å². The maximum absolute atomic E-state index is 10.8. The van der Waals surface area contributed by atoms with Crippen molar-refractivity contribution in [2.75, 3.05) is 6.61 Å². The molecule has 0 saturated carbocycles. The van der Waals surface area contributed by atoms with Gasteiger partial charge in [0, 0.05) is 5.56 Å². The highest BCUT2D eigenvalue weighted by molar-refractivity contribution is 5.17. The molecule has 4 rings (SSSR count). The van der Waals surface area contributed by atoms with Crippen LogP contribution in [0, 0.1) is 0 Å². The first-order valence-corrected chi connectivity index (χ1v) is 11.2. The number of benzene rings is 3. The van der Waals surface area contributed by atoms with Gasteiger partial charge in [-0.25, -0.2) is 0 Å². The van der Waals surface area contributed by atoms with Crippen molar-refractivity contribution in [2.24, 2.45) is 0 Å². The molecule has 5 heteroatoms. The van der Waals surface area contributed by atoms with Gasteiger partial charge in [-0.1, -0.05) is 97.1 Å². The maximum atomic E-state index is 10.8. The van der Waals surface area contributed by atoms with Crippen LogP contribution in [0.4, 0.5) is 0 Å². The van der Waals surface area contributed by atoms with Gasteiger partial charge in [0.05, 0.1) is 19.8 Å². The Morgan fingerprint density at radius 3 is 1.97 bits per heavy atom. The molecule has 33 heavy (non-hydrogen) atoms. The molecule has 0 unspecified atom stereocenters. The zero-order chi connectivity index (χ0) is 22.9. The SMILES string of the molecule is C=C[C@@H](OCc1ccccc1)[C@@H](OCc1ccccc1)[C@@H]1O[C@H](c2ccccc2)OC[C@H]1O. The number of hydrogen-bond acceptors (Lipinski definition) is 5. The van der Waals surface area contributed by atoms with E-state index in [9.17, 15) is 5.11 Å². The molecule has 0 radical (unpaired) electrons. The third kappa shape index (κ3) is 6.38. The van der Waals surface area contributed by atoms with E-state index >= 15 is 0 Å². The first kappa shape index (κ1) is 23.4. The summed E-state index contributed by atoms with van der Waals surface area (Å²) in [5.74, 6) is 0. The highest BCUT2D eigenvalue weighted by Crippen LogP contribution is 2.31. The third-order valence-electron chi connectivity index (χ3n) is 5.60. The lowest BCUT2D eigenvalue weighted by Crippen LogP contribution is -2.52. The largest absolute Gasteiger partial charge is 0.388 e. The summed E-state index contributed by atoms with van der Waals surface area (Å²) in [6.45, 7) is 4.86. The van der Waals surface area contributed by atoms with Crippen LogP contribution >= 0.6 is 0 Å². The van der Waals surface area contributed by atoms with Crippen molar-refractivity contribution in [2.45, 2.75) is 43.9 Å². The monoisotopic (exact) mass is 446 g/mol. The number of aliphatic hydroxyl groups excluding tert-OH is 1. The molecule has 0 bridgehead atoms. The molecule has 5 atom stereocenters. The predicted octanol–water partition coefficient (Wildman–Crippen LogP) is 4.82. The molecule has 1 fully saturated rings. The van der Waals surface area contributed by atoms with Crippen molar-refractivity contribution in [3.63, 3.8) is 0 Å². The van der Waals surface area contributed by atoms with Crippen molar-refractivity contribution in [1.29, 1.82) is 0 Å². The molecule has 0 aromatic heterocycles. The quantitative estimate of drug-likeness (QED) is 0.453. The normalized spacial score (nSPS) is 22.4. The first-order chi connectivity index (χ1) is 16.2. The van der Waals surface area contributed by atoms with Gasteiger partial charge in [0.15, 0.2) is 6.29 Å². The molecule has 3 aromatic rings. The minimum atomic E-state index is -0.867. The lowest BCUT2D eigenvalue weighted by molar-refractivity contribution is -0.289. The number of rotatable bonds is 10. The molecule has 5 nitrogen and oxygen atoms in total. The number of hydrogen-bond donors (Lipinski definition) is 1. The van der Waals surface area contributed by atoms with Gasteiger partial charge in [0.25, 0.3) is 0 Å². The van der Waals surface area contributed by atoms with Gasteiger partial charge in [-0.3, -0.25) is 0 Å². The highest BCUT2D eigenvalue weighted by atomic mass is 16.7. The van der Waals surface area contributed by atoms with Gasteiger partial charge in [-0.05, 0) is 11.1 Å². The van der Waals surface area contributed by atoms with E-state index in [1.54, 1.807) is 6.08 Å². The molecule has 0 spiro atoms. The fraction of sp³-hybridized carbons (Fsp3) is 0.286. The van der Waals surface area contributed by atoms with Crippen molar-refractivity contribution in [3.8, 4) is 0 Å². The van der Waals surface area contributed by atoms with Gasteiger partial charge >= 0.3 is 0 Å². The van der Waals surface area contributed by atoms with Crippen molar-refractivity contribution in [1.82, 2.24) is 0 Å². The second-order valence-electron chi connectivity index (χ2n) is 8.00. The fourth-order valence-electron chi connectivity index (χ4n) is 3.84. The van der Waals surface area contributed by atoms with Crippen molar-refractivity contribution in [3.05, 3.63) is 120 Å². The smallest absolute Gasteiger partial charge is 0.184 e. The van der Waals surface area contributed by atoms with Crippen LogP contribution in [0.5, 0.6) is 0 Å². The minimum Gasteiger partial charge on any atom is -0.388 e. The Hall–Kier alpha value is -2.80. The van der Waals surface area contributed by atoms with Gasteiger partial charge in [-0.15, -0.1) is 6.58 Å².